The Hall–Kier alpha value is -1.79. The van der Waals surface area contributed by atoms with E-state index in [2.05, 4.69) is 159 Å². The first kappa shape index (κ1) is 47.9. The number of likely N-dealkylation sites (tertiary alicyclic amines) is 4. The fourth-order valence-electron chi connectivity index (χ4n) is 11.2. The number of rotatable bonds is 10. The van der Waals surface area contributed by atoms with Gasteiger partial charge in [-0.15, -0.1) is 0 Å². The zero-order chi connectivity index (χ0) is 43.7. The lowest BCUT2D eigenvalue weighted by atomic mass is 9.78. The molecule has 4 aliphatic heterocycles. The number of piperidine rings is 4. The minimum Gasteiger partial charge on any atom is -0.462 e. The third-order valence-electron chi connectivity index (χ3n) is 15.6. The fraction of sp³-hybridized carbons (Fsp3) is 0.935. The predicted molar refractivity (Wildman–Crippen MR) is 227 cm³/mol. The number of ether oxygens (including phenoxy) is 4. The molecule has 11 nitrogen and oxygen atoms in total. The Labute approximate surface area is 347 Å². The van der Waals surface area contributed by atoms with Gasteiger partial charge in [-0.2, -0.15) is 0 Å². The molecular weight excluding hydrogens is 721 g/mol. The van der Waals surface area contributed by atoms with Gasteiger partial charge in [0.1, 0.15) is 24.2 Å². The van der Waals surface area contributed by atoms with Crippen LogP contribution in [0.2, 0.25) is 0 Å². The first-order chi connectivity index (χ1) is 25.5. The molecule has 4 heterocycles. The molecule has 4 fully saturated rings. The van der Waals surface area contributed by atoms with Crippen molar-refractivity contribution in [2.75, 3.05) is 28.2 Å². The van der Waals surface area contributed by atoms with Gasteiger partial charge in [0, 0.05) is 82.8 Å². The van der Waals surface area contributed by atoms with Crippen molar-refractivity contribution >= 4 is 17.9 Å². The molecule has 4 aliphatic rings. The van der Waals surface area contributed by atoms with Gasteiger partial charge in [-0.05, 0) is 152 Å². The van der Waals surface area contributed by atoms with E-state index < -0.39 is 42.1 Å². The number of hydrogen-bond acceptors (Lipinski definition) is 11. The second-order valence-corrected chi connectivity index (χ2v) is 23.6. The van der Waals surface area contributed by atoms with E-state index in [0.717, 1.165) is 0 Å². The topological polar surface area (TPSA) is 101 Å². The third-order valence-corrected chi connectivity index (χ3v) is 15.6. The summed E-state index contributed by atoms with van der Waals surface area (Å²) in [5.41, 5.74) is -1.90. The van der Waals surface area contributed by atoms with Crippen molar-refractivity contribution in [3.05, 3.63) is 0 Å². The maximum Gasteiger partial charge on any atom is 0.336 e. The highest BCUT2D eigenvalue weighted by molar-refractivity contribution is 5.87. The molecule has 0 aromatic carbocycles. The van der Waals surface area contributed by atoms with E-state index >= 15 is 0 Å². The SMILES string of the molecule is CN1C(C)(C)CC(OC(=O)CC(C(=O)OC2CC(C)(C)N(C)C(C)(C)C2)C(OC2CC(C)(C)N(C)C(C)(C)C2)C(=O)OC2CC(C)(C)N(C)C(C)(C)C2)CC1(C)C. The van der Waals surface area contributed by atoms with Gasteiger partial charge in [0.15, 0.2) is 6.10 Å². The first-order valence-corrected chi connectivity index (χ1v) is 21.7. The number of hydrogen-bond donors (Lipinski definition) is 0. The van der Waals surface area contributed by atoms with Crippen LogP contribution in [-0.4, -0.2) is 141 Å². The van der Waals surface area contributed by atoms with E-state index in [1.165, 1.54) is 0 Å². The molecule has 11 heteroatoms. The largest absolute Gasteiger partial charge is 0.462 e. The van der Waals surface area contributed by atoms with Crippen LogP contribution in [0.1, 0.15) is 169 Å². The van der Waals surface area contributed by atoms with Gasteiger partial charge in [0.2, 0.25) is 0 Å². The van der Waals surface area contributed by atoms with Crippen molar-refractivity contribution in [1.82, 2.24) is 19.6 Å². The molecule has 0 amide bonds. The summed E-state index contributed by atoms with van der Waals surface area (Å²) in [6, 6.07) is 0. The third kappa shape index (κ3) is 10.6. The molecular formula is C46H84N4O7. The summed E-state index contributed by atoms with van der Waals surface area (Å²) in [5.74, 6) is -3.03. The van der Waals surface area contributed by atoms with Crippen LogP contribution in [-0.2, 0) is 33.3 Å². The summed E-state index contributed by atoms with van der Waals surface area (Å²) in [6.45, 7) is 34.7. The second kappa shape index (κ2) is 15.9. The van der Waals surface area contributed by atoms with Crippen molar-refractivity contribution < 1.29 is 33.3 Å². The summed E-state index contributed by atoms with van der Waals surface area (Å²) in [5, 5.41) is 0. The Kier molecular flexibility index (Phi) is 13.4. The summed E-state index contributed by atoms with van der Waals surface area (Å²) in [7, 11) is 8.46. The minimum atomic E-state index is -1.37. The monoisotopic (exact) mass is 805 g/mol. The van der Waals surface area contributed by atoms with Crippen LogP contribution in [0.25, 0.3) is 0 Å². The molecule has 4 saturated heterocycles. The molecule has 0 N–H and O–H groups in total. The van der Waals surface area contributed by atoms with Crippen LogP contribution in [0.15, 0.2) is 0 Å². The molecule has 0 aromatic rings. The lowest BCUT2D eigenvalue weighted by molar-refractivity contribution is -0.198. The number of carbonyl (C=O) groups excluding carboxylic acids is 3. The molecule has 330 valence electrons. The molecule has 2 unspecified atom stereocenters. The van der Waals surface area contributed by atoms with E-state index in [0.29, 0.717) is 51.4 Å². The fourth-order valence-corrected chi connectivity index (χ4v) is 11.2. The van der Waals surface area contributed by atoms with Crippen LogP contribution in [0.3, 0.4) is 0 Å². The molecule has 0 aromatic heterocycles. The van der Waals surface area contributed by atoms with Gasteiger partial charge in [-0.3, -0.25) is 29.2 Å². The normalized spacial score (nSPS) is 29.3. The van der Waals surface area contributed by atoms with Gasteiger partial charge in [-0.1, -0.05) is 0 Å². The lowest BCUT2D eigenvalue weighted by Crippen LogP contribution is -2.62. The molecule has 0 aliphatic carbocycles. The van der Waals surface area contributed by atoms with Crippen LogP contribution in [0.5, 0.6) is 0 Å². The maximum atomic E-state index is 14.9. The summed E-state index contributed by atoms with van der Waals surface area (Å²) < 4.78 is 26.1. The van der Waals surface area contributed by atoms with Gasteiger partial charge >= 0.3 is 17.9 Å². The van der Waals surface area contributed by atoms with Gasteiger partial charge in [-0.25, -0.2) is 4.79 Å². The van der Waals surface area contributed by atoms with Gasteiger partial charge < -0.3 is 18.9 Å². The van der Waals surface area contributed by atoms with Crippen molar-refractivity contribution in [1.29, 1.82) is 0 Å². The second-order valence-electron chi connectivity index (χ2n) is 23.6. The molecule has 4 rings (SSSR count). The number of carbonyl (C=O) groups is 3. The number of nitrogens with zero attached hydrogens (tertiary/aromatic N) is 4. The average Bonchev–Trinajstić information content (AvgIpc) is 3.00. The van der Waals surface area contributed by atoms with Crippen LogP contribution < -0.4 is 0 Å². The summed E-state index contributed by atoms with van der Waals surface area (Å²) in [4.78, 5) is 53.4. The Bertz CT molecular complexity index is 1410. The van der Waals surface area contributed by atoms with Crippen molar-refractivity contribution in [3.8, 4) is 0 Å². The first-order valence-electron chi connectivity index (χ1n) is 21.7. The molecule has 0 radical (unpaired) electrons. The molecule has 0 saturated carbocycles. The van der Waals surface area contributed by atoms with Gasteiger partial charge in [0.05, 0.1) is 12.5 Å². The average molecular weight is 805 g/mol. The predicted octanol–water partition coefficient (Wildman–Crippen LogP) is 7.61. The van der Waals surface area contributed by atoms with E-state index in [9.17, 15) is 14.4 Å². The van der Waals surface area contributed by atoms with E-state index in [1.807, 2.05) is 0 Å². The molecule has 0 spiro atoms. The molecule has 57 heavy (non-hydrogen) atoms. The van der Waals surface area contributed by atoms with Crippen molar-refractivity contribution in [3.63, 3.8) is 0 Å². The van der Waals surface area contributed by atoms with E-state index in [-0.39, 0.29) is 62.9 Å². The Balaban J connectivity index is 1.74. The number of esters is 3. The minimum absolute atomic E-state index is 0.211. The zero-order valence-corrected chi connectivity index (χ0v) is 40.0. The van der Waals surface area contributed by atoms with Gasteiger partial charge in [0.25, 0.3) is 0 Å². The van der Waals surface area contributed by atoms with Crippen LogP contribution in [0.4, 0.5) is 0 Å². The quantitative estimate of drug-likeness (QED) is 0.161. The van der Waals surface area contributed by atoms with Crippen molar-refractivity contribution in [2.45, 2.75) is 243 Å². The smallest absolute Gasteiger partial charge is 0.336 e. The molecule has 2 atom stereocenters. The molecule has 0 bridgehead atoms. The Morgan fingerprint density at radius 3 is 0.965 bits per heavy atom. The Morgan fingerprint density at radius 1 is 0.421 bits per heavy atom. The lowest BCUT2D eigenvalue weighted by Gasteiger charge is -2.54. The van der Waals surface area contributed by atoms with Crippen LogP contribution >= 0.6 is 0 Å². The highest BCUT2D eigenvalue weighted by atomic mass is 16.6. The zero-order valence-electron chi connectivity index (χ0n) is 40.0. The van der Waals surface area contributed by atoms with E-state index in [4.69, 9.17) is 18.9 Å². The summed E-state index contributed by atoms with van der Waals surface area (Å²) >= 11 is 0. The summed E-state index contributed by atoms with van der Waals surface area (Å²) in [6.07, 6.45) is 1.77. The van der Waals surface area contributed by atoms with Crippen molar-refractivity contribution in [2.24, 2.45) is 5.92 Å². The standard InChI is InChI=1S/C46H84N4O7/c1-39(2)22-30(23-40(3,4)47(39)17)54-35(51)21-34(37(52)56-32-26-43(9,10)49(19)44(11,12)27-32)36(55-31-24-41(5,6)48(18)42(7,8)25-31)38(53)57-33-28-45(13,14)50(20)46(15,16)29-33/h30-34,36H,21-29H2,1-20H3. The van der Waals surface area contributed by atoms with E-state index in [1.54, 1.807) is 0 Å². The van der Waals surface area contributed by atoms with Crippen LogP contribution in [0, 0.1) is 5.92 Å². The Morgan fingerprint density at radius 2 is 0.667 bits per heavy atom. The highest BCUT2D eigenvalue weighted by Gasteiger charge is 2.52. The highest BCUT2D eigenvalue weighted by Crippen LogP contribution is 2.43. The maximum absolute atomic E-state index is 14.9.